The standard InChI is InChI=1S/C15H20N4O5/c1-3-21-15(2)23-10-9(6-20)22-14(11(10)24-15)19-5-4-8-12(16)17-7-18-13(8)19/h4-5,7,9-11,14,20H,3,6H2,1-2H3,(H2,16,17,18)/t9-,10-,11+,14-,15+/m0/s1. The molecule has 0 spiro atoms. The SMILES string of the molecule is CCO[C@]1(C)O[C@@H]2[C@@H](O1)[C@@H](n1ccc3c(N)ncnc31)O[C@H]2CO. The van der Waals surface area contributed by atoms with Crippen molar-refractivity contribution in [1.29, 1.82) is 0 Å². The molecule has 4 heterocycles. The molecule has 2 aromatic heterocycles. The summed E-state index contributed by atoms with van der Waals surface area (Å²) < 4.78 is 25.2. The van der Waals surface area contributed by atoms with E-state index in [1.165, 1.54) is 6.33 Å². The summed E-state index contributed by atoms with van der Waals surface area (Å²) in [7, 11) is 0. The lowest BCUT2D eigenvalue weighted by molar-refractivity contribution is -0.344. The van der Waals surface area contributed by atoms with Crippen LogP contribution in [0.25, 0.3) is 11.0 Å². The Hall–Kier alpha value is -1.78. The Labute approximate surface area is 138 Å². The third-order valence-corrected chi connectivity index (χ3v) is 4.39. The molecule has 2 saturated heterocycles. The average molecular weight is 336 g/mol. The van der Waals surface area contributed by atoms with Crippen LogP contribution in [0.5, 0.6) is 0 Å². The Morgan fingerprint density at radius 3 is 2.92 bits per heavy atom. The van der Waals surface area contributed by atoms with Gasteiger partial charge in [-0.2, -0.15) is 0 Å². The van der Waals surface area contributed by atoms with Gasteiger partial charge in [0.15, 0.2) is 6.23 Å². The van der Waals surface area contributed by atoms with E-state index in [9.17, 15) is 5.11 Å². The molecule has 9 nitrogen and oxygen atoms in total. The number of hydrogen-bond acceptors (Lipinski definition) is 8. The van der Waals surface area contributed by atoms with Crippen molar-refractivity contribution in [2.45, 2.75) is 44.4 Å². The van der Waals surface area contributed by atoms with Gasteiger partial charge < -0.3 is 34.4 Å². The van der Waals surface area contributed by atoms with Crippen LogP contribution in [-0.4, -0.2) is 57.1 Å². The van der Waals surface area contributed by atoms with Crippen LogP contribution < -0.4 is 5.73 Å². The van der Waals surface area contributed by atoms with Crippen LogP contribution in [0.4, 0.5) is 5.82 Å². The summed E-state index contributed by atoms with van der Waals surface area (Å²) >= 11 is 0. The molecule has 5 atom stereocenters. The van der Waals surface area contributed by atoms with Crippen LogP contribution in [0.2, 0.25) is 0 Å². The Morgan fingerprint density at radius 2 is 2.17 bits per heavy atom. The van der Waals surface area contributed by atoms with Gasteiger partial charge in [-0.05, 0) is 13.0 Å². The first kappa shape index (κ1) is 15.7. The minimum absolute atomic E-state index is 0.181. The number of nitrogens with zero attached hydrogens (tertiary/aromatic N) is 3. The molecule has 0 aliphatic carbocycles. The average Bonchev–Trinajstić information content (AvgIpc) is 3.19. The van der Waals surface area contributed by atoms with E-state index in [1.54, 1.807) is 6.92 Å². The Kier molecular flexibility index (Phi) is 3.70. The number of aliphatic hydroxyl groups is 1. The van der Waals surface area contributed by atoms with Gasteiger partial charge in [0.05, 0.1) is 12.0 Å². The number of ether oxygens (including phenoxy) is 4. The van der Waals surface area contributed by atoms with Crippen molar-refractivity contribution >= 4 is 16.9 Å². The van der Waals surface area contributed by atoms with E-state index in [-0.39, 0.29) is 6.61 Å². The van der Waals surface area contributed by atoms with E-state index in [2.05, 4.69) is 9.97 Å². The fourth-order valence-electron chi connectivity index (χ4n) is 3.40. The summed E-state index contributed by atoms with van der Waals surface area (Å²) in [6.07, 6.45) is 1.32. The van der Waals surface area contributed by atoms with Crippen molar-refractivity contribution < 1.29 is 24.1 Å². The van der Waals surface area contributed by atoms with E-state index >= 15 is 0 Å². The first-order valence-corrected chi connectivity index (χ1v) is 7.89. The van der Waals surface area contributed by atoms with Gasteiger partial charge in [-0.3, -0.25) is 0 Å². The smallest absolute Gasteiger partial charge is 0.280 e. The van der Waals surface area contributed by atoms with E-state index in [0.717, 1.165) is 5.39 Å². The maximum absolute atomic E-state index is 9.63. The van der Waals surface area contributed by atoms with Crippen LogP contribution >= 0.6 is 0 Å². The third kappa shape index (κ3) is 2.28. The molecule has 4 rings (SSSR count). The minimum atomic E-state index is -1.16. The molecule has 2 aliphatic rings. The topological polar surface area (TPSA) is 114 Å². The summed E-state index contributed by atoms with van der Waals surface area (Å²) in [4.78, 5) is 8.27. The molecule has 0 saturated carbocycles. The molecule has 9 heteroatoms. The van der Waals surface area contributed by atoms with Crippen molar-refractivity contribution in [1.82, 2.24) is 14.5 Å². The Balaban J connectivity index is 1.71. The highest BCUT2D eigenvalue weighted by Gasteiger charge is 2.58. The van der Waals surface area contributed by atoms with Crippen molar-refractivity contribution in [3.63, 3.8) is 0 Å². The fraction of sp³-hybridized carbons (Fsp3) is 0.600. The Morgan fingerprint density at radius 1 is 1.38 bits per heavy atom. The van der Waals surface area contributed by atoms with Crippen LogP contribution in [0.15, 0.2) is 18.6 Å². The zero-order valence-corrected chi connectivity index (χ0v) is 13.5. The number of nitrogen functional groups attached to an aromatic ring is 1. The highest BCUT2D eigenvalue weighted by molar-refractivity contribution is 5.86. The monoisotopic (exact) mass is 336 g/mol. The summed E-state index contributed by atoms with van der Waals surface area (Å²) in [6, 6.07) is 1.83. The summed E-state index contributed by atoms with van der Waals surface area (Å²) in [6.45, 7) is 3.85. The molecular weight excluding hydrogens is 316 g/mol. The molecule has 24 heavy (non-hydrogen) atoms. The van der Waals surface area contributed by atoms with Gasteiger partial charge in [-0.25, -0.2) is 9.97 Å². The van der Waals surface area contributed by atoms with E-state index in [1.807, 2.05) is 23.8 Å². The second-order valence-corrected chi connectivity index (χ2v) is 5.93. The zero-order valence-electron chi connectivity index (χ0n) is 13.5. The van der Waals surface area contributed by atoms with Crippen LogP contribution in [0, 0.1) is 0 Å². The molecule has 2 aromatic rings. The number of anilines is 1. The van der Waals surface area contributed by atoms with Crippen molar-refractivity contribution in [3.05, 3.63) is 18.6 Å². The van der Waals surface area contributed by atoms with Gasteiger partial charge in [-0.15, -0.1) is 0 Å². The minimum Gasteiger partial charge on any atom is -0.394 e. The maximum atomic E-state index is 9.63. The fourth-order valence-corrected chi connectivity index (χ4v) is 3.40. The zero-order chi connectivity index (χ0) is 16.9. The highest BCUT2D eigenvalue weighted by Crippen LogP contribution is 2.44. The number of nitrogens with two attached hydrogens (primary N) is 1. The van der Waals surface area contributed by atoms with Crippen LogP contribution in [0.3, 0.4) is 0 Å². The maximum Gasteiger partial charge on any atom is 0.280 e. The first-order chi connectivity index (χ1) is 11.6. The predicted molar refractivity (Wildman–Crippen MR) is 82.7 cm³/mol. The first-order valence-electron chi connectivity index (χ1n) is 7.89. The van der Waals surface area contributed by atoms with E-state index < -0.39 is 30.5 Å². The molecule has 0 aromatic carbocycles. The molecule has 0 radical (unpaired) electrons. The third-order valence-electron chi connectivity index (χ3n) is 4.39. The lowest BCUT2D eigenvalue weighted by Gasteiger charge is -2.27. The summed E-state index contributed by atoms with van der Waals surface area (Å²) in [5, 5.41) is 10.4. The normalized spacial score (nSPS) is 35.6. The van der Waals surface area contributed by atoms with Gasteiger partial charge >= 0.3 is 0 Å². The van der Waals surface area contributed by atoms with E-state index in [0.29, 0.717) is 18.1 Å². The molecule has 3 N–H and O–H groups in total. The van der Waals surface area contributed by atoms with Crippen molar-refractivity contribution in [2.24, 2.45) is 0 Å². The molecular formula is C15H20N4O5. The van der Waals surface area contributed by atoms with Crippen LogP contribution in [-0.2, 0) is 18.9 Å². The number of hydrogen-bond donors (Lipinski definition) is 2. The summed E-state index contributed by atoms with van der Waals surface area (Å²) in [5.74, 6) is -0.758. The molecule has 130 valence electrons. The van der Waals surface area contributed by atoms with Gasteiger partial charge in [0.25, 0.3) is 5.97 Å². The van der Waals surface area contributed by atoms with Gasteiger partial charge in [0.1, 0.15) is 36.1 Å². The molecule has 0 amide bonds. The van der Waals surface area contributed by atoms with E-state index in [4.69, 9.17) is 24.7 Å². The number of rotatable bonds is 4. The second-order valence-electron chi connectivity index (χ2n) is 5.93. The largest absolute Gasteiger partial charge is 0.394 e. The lowest BCUT2D eigenvalue weighted by Crippen LogP contribution is -2.35. The van der Waals surface area contributed by atoms with Crippen LogP contribution in [0.1, 0.15) is 20.1 Å². The van der Waals surface area contributed by atoms with Gasteiger partial charge in [0.2, 0.25) is 0 Å². The molecule has 2 fully saturated rings. The van der Waals surface area contributed by atoms with Gasteiger partial charge in [0, 0.05) is 19.7 Å². The second kappa shape index (κ2) is 5.64. The lowest BCUT2D eigenvalue weighted by atomic mass is 10.1. The van der Waals surface area contributed by atoms with Crippen molar-refractivity contribution in [2.75, 3.05) is 18.9 Å². The molecule has 0 bridgehead atoms. The van der Waals surface area contributed by atoms with Gasteiger partial charge in [-0.1, -0.05) is 0 Å². The van der Waals surface area contributed by atoms with Crippen molar-refractivity contribution in [3.8, 4) is 0 Å². The quantitative estimate of drug-likeness (QED) is 0.824. The molecule has 2 aliphatic heterocycles. The molecule has 0 unspecified atom stereocenters. The number of aliphatic hydroxyl groups excluding tert-OH is 1. The number of aromatic nitrogens is 3. The summed E-state index contributed by atoms with van der Waals surface area (Å²) in [5.41, 5.74) is 6.53. The Bertz CT molecular complexity index is 753. The predicted octanol–water partition coefficient (Wildman–Crippen LogP) is 0.397. The number of fused-ring (bicyclic) bond motifs is 2. The highest BCUT2D eigenvalue weighted by atomic mass is 16.9.